The Balaban J connectivity index is 2.43. The third kappa shape index (κ3) is 1.99. The molecule has 100 valence electrons. The molecule has 1 aliphatic rings. The van der Waals surface area contributed by atoms with E-state index in [1.165, 1.54) is 0 Å². The molecule has 0 radical (unpaired) electrons. The SMILES string of the molecule is CCOC(=O)C1=C(C)C(C(C)=O)(c2ccccc2)C1. The Bertz CT molecular complexity index is 542. The van der Waals surface area contributed by atoms with Gasteiger partial charge in [0.1, 0.15) is 5.78 Å². The molecule has 0 fully saturated rings. The minimum atomic E-state index is -0.636. The lowest BCUT2D eigenvalue weighted by molar-refractivity contribution is -0.139. The van der Waals surface area contributed by atoms with Crippen molar-refractivity contribution in [3.63, 3.8) is 0 Å². The van der Waals surface area contributed by atoms with Crippen molar-refractivity contribution in [3.8, 4) is 0 Å². The van der Waals surface area contributed by atoms with Crippen LogP contribution < -0.4 is 0 Å². The minimum Gasteiger partial charge on any atom is -0.463 e. The van der Waals surface area contributed by atoms with Crippen molar-refractivity contribution in [1.82, 2.24) is 0 Å². The number of ketones is 1. The van der Waals surface area contributed by atoms with E-state index in [1.54, 1.807) is 13.8 Å². The topological polar surface area (TPSA) is 43.4 Å². The van der Waals surface area contributed by atoms with Gasteiger partial charge in [-0.1, -0.05) is 30.3 Å². The van der Waals surface area contributed by atoms with E-state index in [4.69, 9.17) is 4.74 Å². The standard InChI is InChI=1S/C16H18O3/c1-4-19-15(18)14-10-16(11(14)2,12(3)17)13-8-6-5-7-9-13/h5-9H,4,10H2,1-3H3. The summed E-state index contributed by atoms with van der Waals surface area (Å²) >= 11 is 0. The molecule has 0 N–H and O–H groups in total. The average Bonchev–Trinajstić information content (AvgIpc) is 2.38. The van der Waals surface area contributed by atoms with E-state index in [9.17, 15) is 9.59 Å². The molecule has 0 aromatic heterocycles. The Kier molecular flexibility index (Phi) is 3.56. The fraction of sp³-hybridized carbons (Fsp3) is 0.375. The van der Waals surface area contributed by atoms with E-state index >= 15 is 0 Å². The molecule has 0 saturated heterocycles. The first-order valence-electron chi connectivity index (χ1n) is 6.48. The summed E-state index contributed by atoms with van der Waals surface area (Å²) in [5, 5.41) is 0. The molecular weight excluding hydrogens is 240 g/mol. The molecule has 2 rings (SSSR count). The average molecular weight is 258 g/mol. The molecule has 0 spiro atoms. The van der Waals surface area contributed by atoms with Crippen LogP contribution in [0.3, 0.4) is 0 Å². The molecule has 3 heteroatoms. The van der Waals surface area contributed by atoms with Crippen molar-refractivity contribution in [3.05, 3.63) is 47.0 Å². The number of esters is 1. The van der Waals surface area contributed by atoms with Gasteiger partial charge >= 0.3 is 5.97 Å². The lowest BCUT2D eigenvalue weighted by Gasteiger charge is -2.42. The molecule has 0 saturated carbocycles. The predicted molar refractivity (Wildman–Crippen MR) is 72.8 cm³/mol. The Morgan fingerprint density at radius 3 is 2.37 bits per heavy atom. The number of carbonyl (C=O) groups excluding carboxylic acids is 2. The first-order valence-corrected chi connectivity index (χ1v) is 6.48. The summed E-state index contributed by atoms with van der Waals surface area (Å²) in [6.45, 7) is 5.57. The van der Waals surface area contributed by atoms with Gasteiger partial charge in [-0.2, -0.15) is 0 Å². The normalized spacial score (nSPS) is 21.8. The number of benzene rings is 1. The summed E-state index contributed by atoms with van der Waals surface area (Å²) in [5.41, 5.74) is 1.78. The molecule has 1 unspecified atom stereocenters. The van der Waals surface area contributed by atoms with Crippen molar-refractivity contribution in [1.29, 1.82) is 0 Å². The zero-order valence-corrected chi connectivity index (χ0v) is 11.5. The molecule has 0 aliphatic heterocycles. The van der Waals surface area contributed by atoms with E-state index in [0.717, 1.165) is 11.1 Å². The van der Waals surface area contributed by atoms with Gasteiger partial charge in [-0.3, -0.25) is 4.79 Å². The maximum absolute atomic E-state index is 12.1. The summed E-state index contributed by atoms with van der Waals surface area (Å²) in [7, 11) is 0. The third-order valence-corrected chi connectivity index (χ3v) is 3.92. The van der Waals surface area contributed by atoms with Gasteiger partial charge < -0.3 is 4.74 Å². The molecule has 0 bridgehead atoms. The van der Waals surface area contributed by atoms with Crippen LogP contribution in [0, 0.1) is 0 Å². The Morgan fingerprint density at radius 2 is 1.89 bits per heavy atom. The van der Waals surface area contributed by atoms with Crippen molar-refractivity contribution >= 4 is 11.8 Å². The fourth-order valence-corrected chi connectivity index (χ4v) is 2.76. The molecule has 0 heterocycles. The van der Waals surface area contributed by atoms with Crippen LogP contribution in [0.2, 0.25) is 0 Å². The summed E-state index contributed by atoms with van der Waals surface area (Å²) in [4.78, 5) is 23.9. The smallest absolute Gasteiger partial charge is 0.334 e. The highest BCUT2D eigenvalue weighted by atomic mass is 16.5. The molecule has 0 amide bonds. The second kappa shape index (κ2) is 5.00. The lowest BCUT2D eigenvalue weighted by atomic mass is 9.58. The summed E-state index contributed by atoms with van der Waals surface area (Å²) in [6.07, 6.45) is 0.441. The fourth-order valence-electron chi connectivity index (χ4n) is 2.76. The van der Waals surface area contributed by atoms with E-state index in [1.807, 2.05) is 37.3 Å². The molecule has 1 aromatic rings. The van der Waals surface area contributed by atoms with Gasteiger partial charge in [-0.05, 0) is 38.3 Å². The van der Waals surface area contributed by atoms with Crippen molar-refractivity contribution in [2.45, 2.75) is 32.6 Å². The lowest BCUT2D eigenvalue weighted by Crippen LogP contribution is -2.45. The summed E-state index contributed by atoms with van der Waals surface area (Å²) in [6, 6.07) is 9.62. The zero-order chi connectivity index (χ0) is 14.0. The van der Waals surface area contributed by atoms with E-state index in [0.29, 0.717) is 18.6 Å². The Morgan fingerprint density at radius 1 is 1.26 bits per heavy atom. The van der Waals surface area contributed by atoms with Gasteiger partial charge in [0.15, 0.2) is 0 Å². The molecule has 1 atom stereocenters. The van der Waals surface area contributed by atoms with Crippen molar-refractivity contribution < 1.29 is 14.3 Å². The van der Waals surface area contributed by atoms with E-state index in [2.05, 4.69) is 0 Å². The van der Waals surface area contributed by atoms with Crippen molar-refractivity contribution in [2.75, 3.05) is 6.61 Å². The predicted octanol–water partition coefficient (Wildman–Crippen LogP) is 2.80. The van der Waals surface area contributed by atoms with Crippen LogP contribution in [0.1, 0.15) is 32.8 Å². The third-order valence-electron chi connectivity index (χ3n) is 3.92. The maximum atomic E-state index is 12.1. The number of hydrogen-bond donors (Lipinski definition) is 0. The first kappa shape index (κ1) is 13.5. The van der Waals surface area contributed by atoms with Gasteiger partial charge in [-0.25, -0.2) is 4.79 Å². The first-order chi connectivity index (χ1) is 9.04. The van der Waals surface area contributed by atoms with Crippen LogP contribution in [0.5, 0.6) is 0 Å². The van der Waals surface area contributed by atoms with Gasteiger partial charge in [0.2, 0.25) is 0 Å². The molecule has 1 aliphatic carbocycles. The summed E-state index contributed by atoms with van der Waals surface area (Å²) in [5.74, 6) is -0.225. The highest BCUT2D eigenvalue weighted by Crippen LogP contribution is 2.49. The number of allylic oxidation sites excluding steroid dienone is 1. The number of rotatable bonds is 4. The largest absolute Gasteiger partial charge is 0.463 e. The highest BCUT2D eigenvalue weighted by Gasteiger charge is 2.50. The van der Waals surface area contributed by atoms with E-state index in [-0.39, 0.29) is 11.8 Å². The van der Waals surface area contributed by atoms with E-state index < -0.39 is 5.41 Å². The number of ether oxygens (including phenoxy) is 1. The van der Waals surface area contributed by atoms with Crippen LogP contribution in [0.15, 0.2) is 41.5 Å². The van der Waals surface area contributed by atoms with Crippen LogP contribution >= 0.6 is 0 Å². The van der Waals surface area contributed by atoms with Crippen LogP contribution in [0.25, 0.3) is 0 Å². The molecule has 1 aromatic carbocycles. The van der Waals surface area contributed by atoms with Gasteiger partial charge in [0.05, 0.1) is 12.0 Å². The van der Waals surface area contributed by atoms with Crippen molar-refractivity contribution in [2.24, 2.45) is 0 Å². The maximum Gasteiger partial charge on any atom is 0.334 e. The van der Waals surface area contributed by atoms with Crippen LogP contribution in [-0.4, -0.2) is 18.4 Å². The number of Topliss-reactive ketones (excluding diaryl/α,β-unsaturated/α-hetero) is 1. The second-order valence-electron chi connectivity index (χ2n) is 4.83. The van der Waals surface area contributed by atoms with Crippen LogP contribution in [-0.2, 0) is 19.7 Å². The van der Waals surface area contributed by atoms with Gasteiger partial charge in [-0.15, -0.1) is 0 Å². The molecular formula is C16H18O3. The van der Waals surface area contributed by atoms with Gasteiger partial charge in [0, 0.05) is 5.57 Å². The number of hydrogen-bond acceptors (Lipinski definition) is 3. The van der Waals surface area contributed by atoms with Gasteiger partial charge in [0.25, 0.3) is 0 Å². The Hall–Kier alpha value is -1.90. The molecule has 19 heavy (non-hydrogen) atoms. The highest BCUT2D eigenvalue weighted by molar-refractivity contribution is 6.02. The summed E-state index contributed by atoms with van der Waals surface area (Å²) < 4.78 is 5.02. The Labute approximate surface area is 113 Å². The zero-order valence-electron chi connectivity index (χ0n) is 11.5. The number of carbonyl (C=O) groups is 2. The quantitative estimate of drug-likeness (QED) is 0.780. The minimum absolute atomic E-state index is 0.0734. The van der Waals surface area contributed by atoms with Crippen LogP contribution in [0.4, 0.5) is 0 Å². The molecule has 3 nitrogen and oxygen atoms in total. The monoisotopic (exact) mass is 258 g/mol. The second-order valence-corrected chi connectivity index (χ2v) is 4.83.